The first kappa shape index (κ1) is 12.2. The van der Waals surface area contributed by atoms with Gasteiger partial charge in [0.05, 0.1) is 7.11 Å². The Labute approximate surface area is 106 Å². The molecular weight excluding hydrogens is 226 g/mol. The number of methoxy groups -OCH3 is 1. The molecule has 0 atom stereocenters. The summed E-state index contributed by atoms with van der Waals surface area (Å²) in [5.41, 5.74) is 10.1. The van der Waals surface area contributed by atoms with Crippen LogP contribution in [0, 0.1) is 6.92 Å². The van der Waals surface area contributed by atoms with E-state index in [0.717, 1.165) is 23.0 Å². The molecule has 0 bridgehead atoms. The van der Waals surface area contributed by atoms with Crippen LogP contribution in [0.2, 0.25) is 0 Å². The fourth-order valence-corrected chi connectivity index (χ4v) is 1.91. The smallest absolute Gasteiger partial charge is 0.150 e. The van der Waals surface area contributed by atoms with Crippen molar-refractivity contribution in [1.29, 1.82) is 0 Å². The van der Waals surface area contributed by atoms with Gasteiger partial charge >= 0.3 is 0 Å². The Hall–Kier alpha value is -2.29. The lowest BCUT2D eigenvalue weighted by molar-refractivity contribution is 0.112. The minimum Gasteiger partial charge on any atom is -0.496 e. The number of aryl methyl sites for hydroxylation is 1. The number of benzene rings is 2. The van der Waals surface area contributed by atoms with E-state index in [1.54, 1.807) is 25.3 Å². The largest absolute Gasteiger partial charge is 0.496 e. The number of carbonyl (C=O) groups excluding carboxylic acids is 1. The Morgan fingerprint density at radius 2 is 1.89 bits per heavy atom. The molecule has 2 aromatic rings. The molecule has 18 heavy (non-hydrogen) atoms. The van der Waals surface area contributed by atoms with Crippen LogP contribution in [-0.4, -0.2) is 13.4 Å². The monoisotopic (exact) mass is 241 g/mol. The maximum Gasteiger partial charge on any atom is 0.150 e. The molecule has 0 aliphatic rings. The van der Waals surface area contributed by atoms with Gasteiger partial charge in [0.2, 0.25) is 0 Å². The van der Waals surface area contributed by atoms with Gasteiger partial charge in [-0.15, -0.1) is 0 Å². The molecule has 2 aromatic carbocycles. The summed E-state index contributed by atoms with van der Waals surface area (Å²) in [4.78, 5) is 10.9. The lowest BCUT2D eigenvalue weighted by Gasteiger charge is -2.12. The number of hydrogen-bond acceptors (Lipinski definition) is 3. The molecule has 0 saturated heterocycles. The molecule has 3 heteroatoms. The summed E-state index contributed by atoms with van der Waals surface area (Å²) in [5, 5.41) is 0. The molecule has 0 heterocycles. The van der Waals surface area contributed by atoms with Gasteiger partial charge in [0.15, 0.2) is 0 Å². The van der Waals surface area contributed by atoms with E-state index >= 15 is 0 Å². The van der Waals surface area contributed by atoms with Crippen molar-refractivity contribution in [3.05, 3.63) is 47.5 Å². The molecule has 2 rings (SSSR count). The van der Waals surface area contributed by atoms with Crippen LogP contribution >= 0.6 is 0 Å². The molecule has 0 aromatic heterocycles. The highest BCUT2D eigenvalue weighted by Gasteiger charge is 2.10. The summed E-state index contributed by atoms with van der Waals surface area (Å²) in [7, 11) is 1.60. The minimum absolute atomic E-state index is 0.603. The highest BCUT2D eigenvalue weighted by Crippen LogP contribution is 2.34. The second-order valence-electron chi connectivity index (χ2n) is 4.17. The van der Waals surface area contributed by atoms with E-state index in [9.17, 15) is 4.79 Å². The molecule has 0 aliphatic heterocycles. The van der Waals surface area contributed by atoms with Crippen LogP contribution in [0.4, 0.5) is 5.69 Å². The quantitative estimate of drug-likeness (QED) is 0.663. The number of carbonyl (C=O) groups is 1. The molecule has 92 valence electrons. The van der Waals surface area contributed by atoms with Crippen LogP contribution in [0.25, 0.3) is 11.1 Å². The Morgan fingerprint density at radius 3 is 2.56 bits per heavy atom. The average molecular weight is 241 g/mol. The van der Waals surface area contributed by atoms with Crippen molar-refractivity contribution in [2.75, 3.05) is 12.8 Å². The standard InChI is InChI=1S/C15H15NO2/c1-10-3-5-14(16)12(7-10)13-8-11(9-17)4-6-15(13)18-2/h3-9H,16H2,1-2H3. The maximum atomic E-state index is 10.9. The number of anilines is 1. The fourth-order valence-electron chi connectivity index (χ4n) is 1.91. The molecule has 0 aliphatic carbocycles. The summed E-state index contributed by atoms with van der Waals surface area (Å²) >= 11 is 0. The fraction of sp³-hybridized carbons (Fsp3) is 0.133. The van der Waals surface area contributed by atoms with E-state index < -0.39 is 0 Å². The number of hydrogen-bond donors (Lipinski definition) is 1. The third-order valence-electron chi connectivity index (χ3n) is 2.86. The molecule has 3 nitrogen and oxygen atoms in total. The van der Waals surface area contributed by atoms with Gasteiger partial charge in [0, 0.05) is 22.4 Å². The van der Waals surface area contributed by atoms with Gasteiger partial charge in [-0.3, -0.25) is 4.79 Å². The lowest BCUT2D eigenvalue weighted by atomic mass is 9.99. The van der Waals surface area contributed by atoms with Crippen molar-refractivity contribution in [1.82, 2.24) is 0 Å². The third kappa shape index (κ3) is 2.20. The van der Waals surface area contributed by atoms with Crippen molar-refractivity contribution in [3.63, 3.8) is 0 Å². The average Bonchev–Trinajstić information content (AvgIpc) is 2.40. The zero-order valence-electron chi connectivity index (χ0n) is 10.4. The summed E-state index contributed by atoms with van der Waals surface area (Å²) in [6.07, 6.45) is 0.814. The summed E-state index contributed by atoms with van der Waals surface area (Å²) < 4.78 is 5.32. The summed E-state index contributed by atoms with van der Waals surface area (Å²) in [6, 6.07) is 11.1. The molecule has 0 radical (unpaired) electrons. The van der Waals surface area contributed by atoms with Crippen LogP contribution in [0.3, 0.4) is 0 Å². The van der Waals surface area contributed by atoms with Crippen molar-refractivity contribution < 1.29 is 9.53 Å². The number of rotatable bonds is 3. The molecule has 0 amide bonds. The summed E-state index contributed by atoms with van der Waals surface area (Å²) in [6.45, 7) is 2.00. The molecule has 0 unspecified atom stereocenters. The van der Waals surface area contributed by atoms with Gasteiger partial charge < -0.3 is 10.5 Å². The highest BCUT2D eigenvalue weighted by molar-refractivity contribution is 5.86. The second-order valence-corrected chi connectivity index (χ2v) is 4.17. The van der Waals surface area contributed by atoms with Crippen LogP contribution in [0.15, 0.2) is 36.4 Å². The molecular formula is C15H15NO2. The Morgan fingerprint density at radius 1 is 1.11 bits per heavy atom. The third-order valence-corrected chi connectivity index (χ3v) is 2.86. The Kier molecular flexibility index (Phi) is 3.33. The van der Waals surface area contributed by atoms with Crippen molar-refractivity contribution in [3.8, 4) is 16.9 Å². The number of ether oxygens (including phenoxy) is 1. The van der Waals surface area contributed by atoms with E-state index in [4.69, 9.17) is 10.5 Å². The van der Waals surface area contributed by atoms with Crippen LogP contribution < -0.4 is 10.5 Å². The van der Waals surface area contributed by atoms with Gasteiger partial charge in [0.1, 0.15) is 12.0 Å². The van der Waals surface area contributed by atoms with E-state index in [0.29, 0.717) is 17.0 Å². The Balaban J connectivity index is 2.67. The van der Waals surface area contributed by atoms with Gasteiger partial charge in [-0.25, -0.2) is 0 Å². The predicted molar refractivity (Wildman–Crippen MR) is 73.0 cm³/mol. The Bertz CT molecular complexity index is 591. The lowest BCUT2D eigenvalue weighted by Crippen LogP contribution is -1.95. The SMILES string of the molecule is COc1ccc(C=O)cc1-c1cc(C)ccc1N. The number of aldehydes is 1. The zero-order valence-corrected chi connectivity index (χ0v) is 10.4. The topological polar surface area (TPSA) is 52.3 Å². The maximum absolute atomic E-state index is 10.9. The van der Waals surface area contributed by atoms with E-state index in [-0.39, 0.29) is 0 Å². The molecule has 0 spiro atoms. The molecule has 0 fully saturated rings. The van der Waals surface area contributed by atoms with Crippen molar-refractivity contribution >= 4 is 12.0 Å². The van der Waals surface area contributed by atoms with Gasteiger partial charge in [0.25, 0.3) is 0 Å². The second kappa shape index (κ2) is 4.92. The van der Waals surface area contributed by atoms with E-state index in [2.05, 4.69) is 0 Å². The first-order valence-corrected chi connectivity index (χ1v) is 5.65. The first-order chi connectivity index (χ1) is 8.65. The van der Waals surface area contributed by atoms with E-state index in [1.807, 2.05) is 25.1 Å². The molecule has 0 saturated carbocycles. The minimum atomic E-state index is 0.603. The highest BCUT2D eigenvalue weighted by atomic mass is 16.5. The summed E-state index contributed by atoms with van der Waals surface area (Å²) in [5.74, 6) is 0.706. The zero-order chi connectivity index (χ0) is 13.1. The van der Waals surface area contributed by atoms with Crippen LogP contribution in [-0.2, 0) is 0 Å². The van der Waals surface area contributed by atoms with Crippen molar-refractivity contribution in [2.45, 2.75) is 6.92 Å². The van der Waals surface area contributed by atoms with Crippen molar-refractivity contribution in [2.24, 2.45) is 0 Å². The number of nitrogen functional groups attached to an aromatic ring is 1. The van der Waals surface area contributed by atoms with Gasteiger partial charge in [-0.1, -0.05) is 11.6 Å². The number of nitrogens with two attached hydrogens (primary N) is 1. The molecule has 2 N–H and O–H groups in total. The van der Waals surface area contributed by atoms with Gasteiger partial charge in [-0.05, 0) is 37.3 Å². The normalized spacial score (nSPS) is 10.1. The predicted octanol–water partition coefficient (Wildman–Crippen LogP) is 3.07. The van der Waals surface area contributed by atoms with Crippen LogP contribution in [0.1, 0.15) is 15.9 Å². The van der Waals surface area contributed by atoms with Crippen LogP contribution in [0.5, 0.6) is 5.75 Å². The van der Waals surface area contributed by atoms with E-state index in [1.165, 1.54) is 0 Å². The first-order valence-electron chi connectivity index (χ1n) is 5.65. The van der Waals surface area contributed by atoms with Gasteiger partial charge in [-0.2, -0.15) is 0 Å².